The summed E-state index contributed by atoms with van der Waals surface area (Å²) in [4.78, 5) is 8.30. The van der Waals surface area contributed by atoms with Crippen molar-refractivity contribution >= 4 is 16.0 Å². The predicted octanol–water partition coefficient (Wildman–Crippen LogP) is 0.718. The molecule has 0 aromatic carbocycles. The molecule has 7 nitrogen and oxygen atoms in total. The van der Waals surface area contributed by atoms with Crippen molar-refractivity contribution in [3.8, 4) is 0 Å². The number of piperidine rings is 1. The number of nitrogens with one attached hydrogen (secondary N) is 1. The molecule has 4 rings (SSSR count). The molecule has 3 atom stereocenters. The molecule has 0 bridgehead atoms. The Bertz CT molecular complexity index is 650. The van der Waals surface area contributed by atoms with Gasteiger partial charge in [0.1, 0.15) is 0 Å². The van der Waals surface area contributed by atoms with Crippen LogP contribution in [-0.2, 0) is 14.8 Å². The Balaban J connectivity index is 1.35. The van der Waals surface area contributed by atoms with Gasteiger partial charge in [0, 0.05) is 37.9 Å². The Morgan fingerprint density at radius 2 is 2.04 bits per heavy atom. The summed E-state index contributed by atoms with van der Waals surface area (Å²) >= 11 is 0. The number of hydrogen-bond donors (Lipinski definition) is 1. The molecule has 1 saturated carbocycles. The molecule has 3 aliphatic rings. The van der Waals surface area contributed by atoms with E-state index >= 15 is 0 Å². The van der Waals surface area contributed by atoms with Crippen LogP contribution in [0.25, 0.3) is 0 Å². The van der Waals surface area contributed by atoms with E-state index < -0.39 is 10.0 Å². The summed E-state index contributed by atoms with van der Waals surface area (Å²) in [7, 11) is -3.06. The molecular formula is C15H22N4O3S. The van der Waals surface area contributed by atoms with Crippen molar-refractivity contribution in [1.29, 1.82) is 0 Å². The van der Waals surface area contributed by atoms with Gasteiger partial charge >= 0.3 is 0 Å². The summed E-state index contributed by atoms with van der Waals surface area (Å²) in [5.74, 6) is 1.32. The molecule has 0 amide bonds. The van der Waals surface area contributed by atoms with Crippen molar-refractivity contribution in [2.45, 2.75) is 30.6 Å². The molecule has 1 aromatic rings. The molecule has 8 heteroatoms. The van der Waals surface area contributed by atoms with Gasteiger partial charge in [0.05, 0.1) is 18.0 Å². The fourth-order valence-electron chi connectivity index (χ4n) is 3.65. The van der Waals surface area contributed by atoms with Gasteiger partial charge in [-0.1, -0.05) is 0 Å². The highest BCUT2D eigenvalue weighted by atomic mass is 32.2. The molecule has 0 spiro atoms. The minimum atomic E-state index is -3.06. The van der Waals surface area contributed by atoms with Crippen molar-refractivity contribution in [2.24, 2.45) is 11.8 Å². The molecule has 2 aliphatic heterocycles. The Morgan fingerprint density at radius 3 is 2.78 bits per heavy atom. The number of ether oxygens (including phenoxy) is 1. The maximum atomic E-state index is 12.4. The molecule has 126 valence electrons. The van der Waals surface area contributed by atoms with Gasteiger partial charge in [-0.25, -0.2) is 22.7 Å². The predicted molar refractivity (Wildman–Crippen MR) is 85.4 cm³/mol. The van der Waals surface area contributed by atoms with Crippen molar-refractivity contribution in [3.05, 3.63) is 18.5 Å². The zero-order valence-electron chi connectivity index (χ0n) is 13.0. The number of fused-ring (bicyclic) bond motifs is 1. The largest absolute Gasteiger partial charge is 0.376 e. The van der Waals surface area contributed by atoms with Crippen LogP contribution >= 0.6 is 0 Å². The first-order valence-electron chi connectivity index (χ1n) is 8.26. The maximum absolute atomic E-state index is 12.4. The molecule has 1 aliphatic carbocycles. The smallest absolute Gasteiger partial charge is 0.222 e. The summed E-state index contributed by atoms with van der Waals surface area (Å²) in [6, 6.07) is 1.78. The third-order valence-electron chi connectivity index (χ3n) is 5.09. The molecule has 23 heavy (non-hydrogen) atoms. The molecule has 0 unspecified atom stereocenters. The van der Waals surface area contributed by atoms with E-state index in [9.17, 15) is 8.42 Å². The van der Waals surface area contributed by atoms with E-state index in [1.807, 2.05) is 0 Å². The van der Waals surface area contributed by atoms with E-state index in [-0.39, 0.29) is 11.4 Å². The zero-order valence-corrected chi connectivity index (χ0v) is 13.8. The number of aromatic nitrogens is 2. The number of anilines is 1. The van der Waals surface area contributed by atoms with Crippen LogP contribution < -0.4 is 5.32 Å². The lowest BCUT2D eigenvalue weighted by Crippen LogP contribution is -2.46. The average Bonchev–Trinajstić information content (AvgIpc) is 3.36. The van der Waals surface area contributed by atoms with E-state index in [2.05, 4.69) is 15.3 Å². The SMILES string of the molecule is O=S(=O)(C1CC1)N1CC[C@@H]2[C@@H](CO[C@H]2CNc2ncccn2)C1. The Morgan fingerprint density at radius 1 is 1.26 bits per heavy atom. The van der Waals surface area contributed by atoms with Gasteiger partial charge in [0.2, 0.25) is 16.0 Å². The van der Waals surface area contributed by atoms with Gasteiger partial charge in [-0.05, 0) is 31.2 Å². The summed E-state index contributed by atoms with van der Waals surface area (Å²) < 4.78 is 32.4. The number of hydrogen-bond acceptors (Lipinski definition) is 6. The highest BCUT2D eigenvalue weighted by Crippen LogP contribution is 2.38. The number of nitrogens with zero attached hydrogens (tertiary/aromatic N) is 3. The van der Waals surface area contributed by atoms with Crippen LogP contribution in [0.4, 0.5) is 5.95 Å². The van der Waals surface area contributed by atoms with Gasteiger partial charge in [-0.3, -0.25) is 0 Å². The van der Waals surface area contributed by atoms with Gasteiger partial charge < -0.3 is 10.1 Å². The average molecular weight is 338 g/mol. The van der Waals surface area contributed by atoms with Gasteiger partial charge in [-0.2, -0.15) is 0 Å². The fraction of sp³-hybridized carbons (Fsp3) is 0.733. The lowest BCUT2D eigenvalue weighted by Gasteiger charge is -2.34. The highest BCUT2D eigenvalue weighted by molar-refractivity contribution is 7.90. The summed E-state index contributed by atoms with van der Waals surface area (Å²) in [5.41, 5.74) is 0. The topological polar surface area (TPSA) is 84.4 Å². The fourth-order valence-corrected chi connectivity index (χ4v) is 5.57. The highest BCUT2D eigenvalue weighted by Gasteiger charge is 2.47. The summed E-state index contributed by atoms with van der Waals surface area (Å²) in [6.07, 6.45) is 6.04. The third kappa shape index (κ3) is 3.07. The standard InChI is InChI=1S/C15H22N4O3S/c20-23(21,12-2-3-12)19-7-4-13-11(9-19)10-22-14(13)8-18-15-16-5-1-6-17-15/h1,5-6,11-14H,2-4,7-10H2,(H,16,17,18)/t11-,13-,14+/m1/s1. The molecule has 1 N–H and O–H groups in total. The minimum absolute atomic E-state index is 0.106. The van der Waals surface area contributed by atoms with Gasteiger partial charge in [0.25, 0.3) is 0 Å². The van der Waals surface area contributed by atoms with E-state index in [1.54, 1.807) is 22.8 Å². The first-order chi connectivity index (χ1) is 11.1. The quantitative estimate of drug-likeness (QED) is 0.851. The zero-order chi connectivity index (χ0) is 15.9. The normalized spacial score (nSPS) is 31.7. The molecule has 3 heterocycles. The second-order valence-corrected chi connectivity index (χ2v) is 8.85. The second kappa shape index (κ2) is 5.99. The van der Waals surface area contributed by atoms with Gasteiger partial charge in [0.15, 0.2) is 0 Å². The molecule has 2 saturated heterocycles. The van der Waals surface area contributed by atoms with Crippen LogP contribution in [0.2, 0.25) is 0 Å². The van der Waals surface area contributed by atoms with Crippen LogP contribution in [0.15, 0.2) is 18.5 Å². The Labute approximate surface area is 136 Å². The van der Waals surface area contributed by atoms with Gasteiger partial charge in [-0.15, -0.1) is 0 Å². The second-order valence-electron chi connectivity index (χ2n) is 6.64. The molecule has 1 aromatic heterocycles. The van der Waals surface area contributed by atoms with Crippen molar-refractivity contribution in [2.75, 3.05) is 31.6 Å². The Kier molecular flexibility index (Phi) is 3.98. The first kappa shape index (κ1) is 15.3. The minimum Gasteiger partial charge on any atom is -0.376 e. The Hall–Kier alpha value is -1.25. The number of rotatable bonds is 5. The maximum Gasteiger partial charge on any atom is 0.222 e. The lowest BCUT2D eigenvalue weighted by atomic mass is 9.85. The van der Waals surface area contributed by atoms with E-state index in [4.69, 9.17) is 4.74 Å². The van der Waals surface area contributed by atoms with Crippen molar-refractivity contribution in [3.63, 3.8) is 0 Å². The first-order valence-corrected chi connectivity index (χ1v) is 9.76. The third-order valence-corrected chi connectivity index (χ3v) is 7.46. The van der Waals surface area contributed by atoms with Crippen LogP contribution in [0.5, 0.6) is 0 Å². The summed E-state index contributed by atoms with van der Waals surface area (Å²) in [6.45, 7) is 2.55. The van der Waals surface area contributed by atoms with Crippen molar-refractivity contribution in [1.82, 2.24) is 14.3 Å². The molecule has 0 radical (unpaired) electrons. The van der Waals surface area contributed by atoms with Crippen LogP contribution in [0.1, 0.15) is 19.3 Å². The number of sulfonamides is 1. The monoisotopic (exact) mass is 338 g/mol. The van der Waals surface area contributed by atoms with Crippen LogP contribution in [0.3, 0.4) is 0 Å². The van der Waals surface area contributed by atoms with E-state index in [0.717, 1.165) is 19.3 Å². The van der Waals surface area contributed by atoms with Crippen molar-refractivity contribution < 1.29 is 13.2 Å². The molecule has 3 fully saturated rings. The lowest BCUT2D eigenvalue weighted by molar-refractivity contribution is 0.0981. The van der Waals surface area contributed by atoms with E-state index in [0.29, 0.717) is 44.0 Å². The van der Waals surface area contributed by atoms with Crippen LogP contribution in [0, 0.1) is 11.8 Å². The summed E-state index contributed by atoms with van der Waals surface area (Å²) in [5, 5.41) is 3.09. The molecular weight excluding hydrogens is 316 g/mol. The van der Waals surface area contributed by atoms with Crippen LogP contribution in [-0.4, -0.2) is 60.3 Å². The van der Waals surface area contributed by atoms with E-state index in [1.165, 1.54) is 0 Å².